The fourth-order valence-electron chi connectivity index (χ4n) is 1.40. The molecule has 0 unspecified atom stereocenters. The smallest absolute Gasteiger partial charge is 0.356 e. The van der Waals surface area contributed by atoms with Gasteiger partial charge in [-0.3, -0.25) is 5.41 Å². The first-order chi connectivity index (χ1) is 8.16. The number of benzene rings is 1. The number of rotatable bonds is 1. The van der Waals surface area contributed by atoms with Crippen LogP contribution in [0.1, 0.15) is 0 Å². The van der Waals surface area contributed by atoms with E-state index in [1.807, 2.05) is 36.4 Å². The third kappa shape index (κ3) is 2.49. The molecule has 1 heterocycles. The SMILES string of the molecule is NC(N)=NC(=[NH2+])n1ccc(-c2ccccc2)n1. The number of nitrogens with two attached hydrogens (primary N) is 3. The monoisotopic (exact) mass is 229 g/mol. The molecule has 6 heteroatoms. The first-order valence-electron chi connectivity index (χ1n) is 5.00. The summed E-state index contributed by atoms with van der Waals surface area (Å²) in [5.41, 5.74) is 12.3. The van der Waals surface area contributed by atoms with Gasteiger partial charge >= 0.3 is 5.96 Å². The maximum Gasteiger partial charge on any atom is 0.416 e. The Morgan fingerprint density at radius 2 is 1.88 bits per heavy atom. The van der Waals surface area contributed by atoms with E-state index in [9.17, 15) is 0 Å². The van der Waals surface area contributed by atoms with Crippen LogP contribution in [0.5, 0.6) is 0 Å². The second-order valence-electron chi connectivity index (χ2n) is 3.41. The predicted octanol–water partition coefficient (Wildman–Crippen LogP) is -1.21. The van der Waals surface area contributed by atoms with E-state index in [0.29, 0.717) is 0 Å². The number of aromatic nitrogens is 2. The van der Waals surface area contributed by atoms with Gasteiger partial charge in [0, 0.05) is 11.6 Å². The number of guanidine groups is 1. The number of hydrogen-bond acceptors (Lipinski definition) is 1. The highest BCUT2D eigenvalue weighted by Crippen LogP contribution is 2.15. The highest BCUT2D eigenvalue weighted by Gasteiger charge is 2.11. The molecule has 86 valence electrons. The Bertz CT molecular complexity index is 550. The molecule has 0 aliphatic carbocycles. The normalized spacial score (nSPS) is 9.88. The Kier molecular flexibility index (Phi) is 2.87. The minimum atomic E-state index is -0.0979. The molecule has 0 saturated carbocycles. The summed E-state index contributed by atoms with van der Waals surface area (Å²) >= 11 is 0. The highest BCUT2D eigenvalue weighted by molar-refractivity contribution is 5.91. The molecule has 2 rings (SSSR count). The summed E-state index contributed by atoms with van der Waals surface area (Å²) in [6, 6.07) is 11.6. The van der Waals surface area contributed by atoms with E-state index in [2.05, 4.69) is 10.1 Å². The summed E-state index contributed by atoms with van der Waals surface area (Å²) in [6.07, 6.45) is 1.70. The quantitative estimate of drug-likeness (QED) is 0.421. The molecule has 6 nitrogen and oxygen atoms in total. The van der Waals surface area contributed by atoms with Gasteiger partial charge < -0.3 is 11.5 Å². The van der Waals surface area contributed by atoms with Crippen LogP contribution in [0.4, 0.5) is 0 Å². The summed E-state index contributed by atoms with van der Waals surface area (Å²) in [7, 11) is 0. The van der Waals surface area contributed by atoms with Crippen molar-refractivity contribution in [2.45, 2.75) is 0 Å². The van der Waals surface area contributed by atoms with E-state index in [0.717, 1.165) is 11.3 Å². The topological polar surface area (TPSA) is 108 Å². The van der Waals surface area contributed by atoms with Crippen molar-refractivity contribution in [2.75, 3.05) is 0 Å². The molecule has 0 aliphatic heterocycles. The molecular weight excluding hydrogens is 216 g/mol. The van der Waals surface area contributed by atoms with Crippen LogP contribution in [0, 0.1) is 0 Å². The lowest BCUT2D eigenvalue weighted by Gasteiger charge is -1.92. The minimum Gasteiger partial charge on any atom is -0.356 e. The summed E-state index contributed by atoms with van der Waals surface area (Å²) in [4.78, 5) is 3.72. The average Bonchev–Trinajstić information content (AvgIpc) is 2.78. The fourth-order valence-corrected chi connectivity index (χ4v) is 1.40. The molecule has 0 fully saturated rings. The Labute approximate surface area is 98.1 Å². The lowest BCUT2D eigenvalue weighted by Crippen LogP contribution is -2.45. The molecule has 0 aliphatic rings. The largest absolute Gasteiger partial charge is 0.416 e. The molecule has 2 aromatic rings. The van der Waals surface area contributed by atoms with Gasteiger partial charge in [0.05, 0.1) is 6.20 Å². The molecular formula is C11H13N6+. The van der Waals surface area contributed by atoms with Crippen molar-refractivity contribution in [1.82, 2.24) is 9.78 Å². The zero-order valence-electron chi connectivity index (χ0n) is 9.12. The van der Waals surface area contributed by atoms with Gasteiger partial charge in [0.15, 0.2) is 0 Å². The molecule has 6 N–H and O–H groups in total. The van der Waals surface area contributed by atoms with Crippen molar-refractivity contribution in [3.8, 4) is 11.3 Å². The third-order valence-corrected chi connectivity index (χ3v) is 2.14. The Morgan fingerprint density at radius 3 is 2.53 bits per heavy atom. The van der Waals surface area contributed by atoms with E-state index in [-0.39, 0.29) is 11.9 Å². The molecule has 0 atom stereocenters. The first kappa shape index (κ1) is 10.9. The third-order valence-electron chi connectivity index (χ3n) is 2.14. The van der Waals surface area contributed by atoms with Crippen LogP contribution in [-0.2, 0) is 0 Å². The number of nitrogens with zero attached hydrogens (tertiary/aromatic N) is 3. The van der Waals surface area contributed by atoms with Crippen LogP contribution in [0.2, 0.25) is 0 Å². The van der Waals surface area contributed by atoms with E-state index in [1.54, 1.807) is 6.20 Å². The van der Waals surface area contributed by atoms with Crippen molar-refractivity contribution in [1.29, 1.82) is 0 Å². The van der Waals surface area contributed by atoms with Gasteiger partial charge in [-0.1, -0.05) is 30.3 Å². The van der Waals surface area contributed by atoms with Gasteiger partial charge in [0.1, 0.15) is 5.69 Å². The number of aliphatic imine (C=N–C) groups is 1. The van der Waals surface area contributed by atoms with Crippen molar-refractivity contribution in [3.63, 3.8) is 0 Å². The van der Waals surface area contributed by atoms with Crippen LogP contribution < -0.4 is 16.9 Å². The molecule has 0 spiro atoms. The van der Waals surface area contributed by atoms with Crippen LogP contribution >= 0.6 is 0 Å². The van der Waals surface area contributed by atoms with Crippen LogP contribution in [0.15, 0.2) is 47.6 Å². The zero-order chi connectivity index (χ0) is 12.3. The zero-order valence-corrected chi connectivity index (χ0v) is 9.12. The van der Waals surface area contributed by atoms with E-state index in [4.69, 9.17) is 16.9 Å². The van der Waals surface area contributed by atoms with Gasteiger partial charge in [-0.05, 0) is 4.99 Å². The number of hydrogen-bond donors (Lipinski definition) is 3. The van der Waals surface area contributed by atoms with Gasteiger partial charge in [0.2, 0.25) is 0 Å². The van der Waals surface area contributed by atoms with Crippen LogP contribution in [0.25, 0.3) is 11.3 Å². The molecule has 0 saturated heterocycles. The molecule has 0 bridgehead atoms. The maximum absolute atomic E-state index is 5.66. The molecule has 0 amide bonds. The van der Waals surface area contributed by atoms with Crippen molar-refractivity contribution >= 4 is 11.9 Å². The second kappa shape index (κ2) is 4.48. The first-order valence-corrected chi connectivity index (χ1v) is 5.00. The van der Waals surface area contributed by atoms with E-state index in [1.165, 1.54) is 4.68 Å². The Hall–Kier alpha value is -2.63. The Balaban J connectivity index is 2.28. The average molecular weight is 229 g/mol. The summed E-state index contributed by atoms with van der Waals surface area (Å²) < 4.78 is 1.42. The summed E-state index contributed by atoms with van der Waals surface area (Å²) in [5, 5.41) is 9.93. The van der Waals surface area contributed by atoms with Crippen molar-refractivity contribution < 1.29 is 5.41 Å². The molecule has 17 heavy (non-hydrogen) atoms. The summed E-state index contributed by atoms with van der Waals surface area (Å²) in [5.74, 6) is 0.0337. The van der Waals surface area contributed by atoms with Crippen molar-refractivity contribution in [2.24, 2.45) is 16.5 Å². The minimum absolute atomic E-state index is 0.0979. The molecule has 0 radical (unpaired) electrons. The van der Waals surface area contributed by atoms with Crippen LogP contribution in [-0.4, -0.2) is 21.7 Å². The second-order valence-corrected chi connectivity index (χ2v) is 3.41. The van der Waals surface area contributed by atoms with Gasteiger partial charge in [-0.15, -0.1) is 9.78 Å². The van der Waals surface area contributed by atoms with Gasteiger partial charge in [-0.2, -0.15) is 0 Å². The summed E-state index contributed by atoms with van der Waals surface area (Å²) in [6.45, 7) is 0. The molecule has 1 aromatic heterocycles. The van der Waals surface area contributed by atoms with Crippen LogP contribution in [0.3, 0.4) is 0 Å². The van der Waals surface area contributed by atoms with Gasteiger partial charge in [-0.25, -0.2) is 0 Å². The maximum atomic E-state index is 5.66. The highest BCUT2D eigenvalue weighted by atomic mass is 15.3. The molecule has 1 aromatic carbocycles. The van der Waals surface area contributed by atoms with Crippen molar-refractivity contribution in [3.05, 3.63) is 42.6 Å². The fraction of sp³-hybridized carbons (Fsp3) is 0. The van der Waals surface area contributed by atoms with E-state index < -0.39 is 0 Å². The predicted molar refractivity (Wildman–Crippen MR) is 65.8 cm³/mol. The Morgan fingerprint density at radius 1 is 1.18 bits per heavy atom. The van der Waals surface area contributed by atoms with E-state index >= 15 is 0 Å². The lowest BCUT2D eigenvalue weighted by atomic mass is 10.2. The lowest BCUT2D eigenvalue weighted by molar-refractivity contribution is -0.120. The van der Waals surface area contributed by atoms with Gasteiger partial charge in [0.25, 0.3) is 5.96 Å². The standard InChI is InChI=1S/C11H12N6/c12-10(13)15-11(14)17-7-6-9(16-17)8-4-2-1-3-5-8/h1-7H,(H5,12,13,14,15)/p+1.